The molecule has 2 rings (SSSR count). The van der Waals surface area contributed by atoms with Gasteiger partial charge in [0.1, 0.15) is 6.23 Å². The van der Waals surface area contributed by atoms with Crippen molar-refractivity contribution in [2.45, 2.75) is 44.4 Å². The number of methoxy groups -OCH3 is 1. The van der Waals surface area contributed by atoms with E-state index in [0.29, 0.717) is 6.04 Å². The first-order chi connectivity index (χ1) is 6.31. The maximum Gasteiger partial charge on any atom is 0.108 e. The number of hydrogen-bond acceptors (Lipinski definition) is 2. The normalized spacial score (nSPS) is 40.1. The summed E-state index contributed by atoms with van der Waals surface area (Å²) in [5, 5.41) is 3.53. The molecular formula is C11H19NO. The maximum absolute atomic E-state index is 5.34. The fourth-order valence-corrected chi connectivity index (χ4v) is 2.65. The van der Waals surface area contributed by atoms with Crippen molar-refractivity contribution in [1.29, 1.82) is 0 Å². The molecule has 0 radical (unpaired) electrons. The standard InChI is InChI=1S/C11H19NO/c1-8-4-3-5-9-6-7-10(13-2)12-11(8)9/h9-12H,1,3-7H2,2H3. The van der Waals surface area contributed by atoms with Gasteiger partial charge in [0, 0.05) is 13.2 Å². The average Bonchev–Trinajstić information content (AvgIpc) is 2.18. The summed E-state index contributed by atoms with van der Waals surface area (Å²) < 4.78 is 5.34. The molecule has 1 heterocycles. The minimum Gasteiger partial charge on any atom is -0.367 e. The summed E-state index contributed by atoms with van der Waals surface area (Å²) in [5.74, 6) is 0.827. The van der Waals surface area contributed by atoms with Crippen LogP contribution < -0.4 is 5.32 Å². The van der Waals surface area contributed by atoms with Crippen LogP contribution in [0.1, 0.15) is 32.1 Å². The fraction of sp³-hybridized carbons (Fsp3) is 0.818. The van der Waals surface area contributed by atoms with E-state index in [9.17, 15) is 0 Å². The molecule has 74 valence electrons. The van der Waals surface area contributed by atoms with E-state index in [1.165, 1.54) is 31.3 Å². The Bertz CT molecular complexity index is 202. The van der Waals surface area contributed by atoms with Crippen LogP contribution in [0.5, 0.6) is 0 Å². The van der Waals surface area contributed by atoms with Crippen LogP contribution in [0.15, 0.2) is 12.2 Å². The maximum atomic E-state index is 5.34. The molecule has 3 unspecified atom stereocenters. The van der Waals surface area contributed by atoms with Crippen molar-refractivity contribution in [3.63, 3.8) is 0 Å². The highest BCUT2D eigenvalue weighted by molar-refractivity contribution is 5.12. The van der Waals surface area contributed by atoms with Gasteiger partial charge in [0.25, 0.3) is 0 Å². The van der Waals surface area contributed by atoms with E-state index in [1.54, 1.807) is 7.11 Å². The van der Waals surface area contributed by atoms with Gasteiger partial charge in [0.05, 0.1) is 0 Å². The predicted octanol–water partition coefficient (Wildman–Crippen LogP) is 2.07. The monoisotopic (exact) mass is 181 g/mol. The van der Waals surface area contributed by atoms with Gasteiger partial charge in [-0.1, -0.05) is 12.2 Å². The summed E-state index contributed by atoms with van der Waals surface area (Å²) in [4.78, 5) is 0. The fourth-order valence-electron chi connectivity index (χ4n) is 2.65. The van der Waals surface area contributed by atoms with Gasteiger partial charge in [-0.2, -0.15) is 0 Å². The third kappa shape index (κ3) is 1.79. The molecule has 0 spiro atoms. The first kappa shape index (κ1) is 9.22. The van der Waals surface area contributed by atoms with E-state index in [1.807, 2.05) is 0 Å². The molecule has 1 aliphatic carbocycles. The SMILES string of the molecule is C=C1CCCC2CCC(OC)NC12. The number of piperidine rings is 1. The highest BCUT2D eigenvalue weighted by atomic mass is 16.5. The van der Waals surface area contributed by atoms with Crippen molar-refractivity contribution < 1.29 is 4.74 Å². The molecule has 13 heavy (non-hydrogen) atoms. The lowest BCUT2D eigenvalue weighted by Gasteiger charge is -2.41. The molecule has 0 bridgehead atoms. The number of ether oxygens (including phenoxy) is 1. The summed E-state index contributed by atoms with van der Waals surface area (Å²) in [6, 6.07) is 0.535. The Balaban J connectivity index is 2.01. The van der Waals surface area contributed by atoms with Crippen LogP contribution in [0.25, 0.3) is 0 Å². The zero-order valence-electron chi connectivity index (χ0n) is 8.38. The van der Waals surface area contributed by atoms with Crippen molar-refractivity contribution in [3.8, 4) is 0 Å². The molecule has 1 N–H and O–H groups in total. The van der Waals surface area contributed by atoms with Crippen LogP contribution in [0.4, 0.5) is 0 Å². The molecule has 0 amide bonds. The van der Waals surface area contributed by atoms with Crippen LogP contribution in [-0.4, -0.2) is 19.4 Å². The second-order valence-electron chi connectivity index (χ2n) is 4.26. The summed E-state index contributed by atoms with van der Waals surface area (Å²) in [7, 11) is 1.78. The number of rotatable bonds is 1. The van der Waals surface area contributed by atoms with Crippen LogP contribution in [0.2, 0.25) is 0 Å². The van der Waals surface area contributed by atoms with Crippen molar-refractivity contribution >= 4 is 0 Å². The van der Waals surface area contributed by atoms with Crippen LogP contribution in [-0.2, 0) is 4.74 Å². The van der Waals surface area contributed by atoms with Gasteiger partial charge in [0.2, 0.25) is 0 Å². The molecule has 0 aromatic heterocycles. The smallest absolute Gasteiger partial charge is 0.108 e. The average molecular weight is 181 g/mol. The summed E-state index contributed by atoms with van der Waals surface area (Å²) in [6.45, 7) is 4.15. The van der Waals surface area contributed by atoms with Crippen molar-refractivity contribution in [2.24, 2.45) is 5.92 Å². The van der Waals surface area contributed by atoms with E-state index >= 15 is 0 Å². The molecule has 3 atom stereocenters. The molecule has 1 saturated carbocycles. The summed E-state index contributed by atoms with van der Waals surface area (Å²) >= 11 is 0. The Labute approximate surface area is 80.4 Å². The van der Waals surface area contributed by atoms with Crippen molar-refractivity contribution in [2.75, 3.05) is 7.11 Å². The minimum atomic E-state index is 0.260. The second kappa shape index (κ2) is 3.81. The van der Waals surface area contributed by atoms with Crippen LogP contribution in [0, 0.1) is 5.92 Å². The summed E-state index contributed by atoms with van der Waals surface area (Å²) in [6.07, 6.45) is 6.62. The van der Waals surface area contributed by atoms with E-state index in [0.717, 1.165) is 12.3 Å². The lowest BCUT2D eigenvalue weighted by atomic mass is 9.77. The topological polar surface area (TPSA) is 21.3 Å². The Morgan fingerprint density at radius 3 is 3.00 bits per heavy atom. The Hall–Kier alpha value is -0.340. The van der Waals surface area contributed by atoms with Gasteiger partial charge in [-0.05, 0) is 38.0 Å². The second-order valence-corrected chi connectivity index (χ2v) is 4.26. The Morgan fingerprint density at radius 2 is 2.23 bits per heavy atom. The first-order valence-electron chi connectivity index (χ1n) is 5.28. The molecule has 2 fully saturated rings. The molecule has 1 aliphatic heterocycles. The molecule has 2 nitrogen and oxygen atoms in total. The van der Waals surface area contributed by atoms with E-state index in [4.69, 9.17) is 4.74 Å². The minimum absolute atomic E-state index is 0.260. The quantitative estimate of drug-likeness (QED) is 0.625. The molecule has 2 heteroatoms. The van der Waals surface area contributed by atoms with Crippen LogP contribution >= 0.6 is 0 Å². The molecular weight excluding hydrogens is 162 g/mol. The Kier molecular flexibility index (Phi) is 2.70. The number of hydrogen-bond donors (Lipinski definition) is 1. The van der Waals surface area contributed by atoms with Crippen molar-refractivity contribution in [1.82, 2.24) is 5.32 Å². The van der Waals surface area contributed by atoms with Gasteiger partial charge < -0.3 is 4.74 Å². The zero-order valence-corrected chi connectivity index (χ0v) is 8.38. The third-order valence-electron chi connectivity index (χ3n) is 3.43. The highest BCUT2D eigenvalue weighted by Gasteiger charge is 2.33. The molecule has 0 aromatic rings. The van der Waals surface area contributed by atoms with Crippen LogP contribution in [0.3, 0.4) is 0 Å². The van der Waals surface area contributed by atoms with Gasteiger partial charge in [-0.3, -0.25) is 5.32 Å². The van der Waals surface area contributed by atoms with Gasteiger partial charge in [0.15, 0.2) is 0 Å². The molecule has 0 aromatic carbocycles. The van der Waals surface area contributed by atoms with E-state index in [-0.39, 0.29) is 6.23 Å². The Morgan fingerprint density at radius 1 is 1.38 bits per heavy atom. The largest absolute Gasteiger partial charge is 0.367 e. The van der Waals surface area contributed by atoms with Gasteiger partial charge in [-0.15, -0.1) is 0 Å². The first-order valence-corrected chi connectivity index (χ1v) is 5.28. The zero-order chi connectivity index (χ0) is 9.26. The number of nitrogens with one attached hydrogen (secondary N) is 1. The van der Waals surface area contributed by atoms with E-state index in [2.05, 4.69) is 11.9 Å². The lowest BCUT2D eigenvalue weighted by Crippen LogP contribution is -2.50. The highest BCUT2D eigenvalue weighted by Crippen LogP contribution is 2.34. The molecule has 2 aliphatic rings. The van der Waals surface area contributed by atoms with Gasteiger partial charge in [-0.25, -0.2) is 0 Å². The summed E-state index contributed by atoms with van der Waals surface area (Å²) in [5.41, 5.74) is 1.39. The van der Waals surface area contributed by atoms with E-state index < -0.39 is 0 Å². The molecule has 1 saturated heterocycles. The predicted molar refractivity (Wildman–Crippen MR) is 53.4 cm³/mol. The number of fused-ring (bicyclic) bond motifs is 1. The van der Waals surface area contributed by atoms with Crippen molar-refractivity contribution in [3.05, 3.63) is 12.2 Å². The van der Waals surface area contributed by atoms with Gasteiger partial charge >= 0.3 is 0 Å². The lowest BCUT2D eigenvalue weighted by molar-refractivity contribution is 0.0192. The third-order valence-corrected chi connectivity index (χ3v) is 3.43.